The van der Waals surface area contributed by atoms with Gasteiger partial charge in [-0.25, -0.2) is 4.98 Å². The number of hydrogen-bond donors (Lipinski definition) is 1. The van der Waals surface area contributed by atoms with Gasteiger partial charge in [-0.2, -0.15) is 0 Å². The molecule has 2 aromatic heterocycles. The largest absolute Gasteiger partial charge is 0.307 e. The van der Waals surface area contributed by atoms with Gasteiger partial charge in [-0.3, -0.25) is 9.78 Å². The van der Waals surface area contributed by atoms with Crippen molar-refractivity contribution < 1.29 is 0 Å². The average Bonchev–Trinajstić information content (AvgIpc) is 2.14. The van der Waals surface area contributed by atoms with Crippen LogP contribution in [0.15, 0.2) is 23.0 Å². The first-order valence-corrected chi connectivity index (χ1v) is 5.08. The lowest BCUT2D eigenvalue weighted by atomic mass is 10.2. The van der Waals surface area contributed by atoms with Crippen molar-refractivity contribution in [2.45, 2.75) is 20.8 Å². The Morgan fingerprint density at radius 1 is 0.938 bits per heavy atom. The molecule has 2 aromatic rings. The van der Waals surface area contributed by atoms with Crippen LogP contribution in [0.25, 0.3) is 11.4 Å². The minimum Gasteiger partial charge on any atom is -0.307 e. The van der Waals surface area contributed by atoms with E-state index in [-0.39, 0.29) is 5.56 Å². The Morgan fingerprint density at radius 2 is 1.50 bits per heavy atom. The summed E-state index contributed by atoms with van der Waals surface area (Å²) in [5.41, 5.74) is 3.31. The van der Waals surface area contributed by atoms with Gasteiger partial charge in [-0.15, -0.1) is 0 Å². The van der Waals surface area contributed by atoms with Gasteiger partial charge in [-0.1, -0.05) is 0 Å². The van der Waals surface area contributed by atoms with Crippen molar-refractivity contribution in [3.05, 3.63) is 45.6 Å². The standard InChI is InChI=1S/C12H13N3O/c1-7-4-10(5-8(2)13-7)12-14-9(3)6-11(16)15-12/h4-6H,1-3H3,(H,14,15,16). The minimum absolute atomic E-state index is 0.130. The third-order valence-electron chi connectivity index (χ3n) is 2.22. The topological polar surface area (TPSA) is 58.6 Å². The first-order chi connectivity index (χ1) is 7.54. The molecule has 0 spiro atoms. The van der Waals surface area contributed by atoms with E-state index in [1.54, 1.807) is 6.92 Å². The SMILES string of the molecule is Cc1cc(-c2nc(C)cc(=O)[nH]2)cc(C)n1. The third kappa shape index (κ3) is 2.16. The fourth-order valence-corrected chi connectivity index (χ4v) is 1.69. The fourth-order valence-electron chi connectivity index (χ4n) is 1.69. The lowest BCUT2D eigenvalue weighted by molar-refractivity contribution is 1.06. The Labute approximate surface area is 93.4 Å². The molecule has 0 radical (unpaired) electrons. The van der Waals surface area contributed by atoms with E-state index in [9.17, 15) is 4.79 Å². The molecule has 0 unspecified atom stereocenters. The van der Waals surface area contributed by atoms with E-state index in [1.165, 1.54) is 6.07 Å². The molecule has 4 nitrogen and oxygen atoms in total. The number of aryl methyl sites for hydroxylation is 3. The molecular formula is C12H13N3O. The summed E-state index contributed by atoms with van der Waals surface area (Å²) in [7, 11) is 0. The van der Waals surface area contributed by atoms with Gasteiger partial charge in [-0.05, 0) is 32.9 Å². The van der Waals surface area contributed by atoms with Crippen LogP contribution in [-0.2, 0) is 0 Å². The summed E-state index contributed by atoms with van der Waals surface area (Å²) in [6.07, 6.45) is 0. The molecule has 0 aliphatic carbocycles. The fraction of sp³-hybridized carbons (Fsp3) is 0.250. The van der Waals surface area contributed by atoms with Crippen LogP contribution >= 0.6 is 0 Å². The van der Waals surface area contributed by atoms with E-state index in [1.807, 2.05) is 26.0 Å². The molecule has 1 N–H and O–H groups in total. The number of nitrogens with zero attached hydrogens (tertiary/aromatic N) is 2. The molecule has 0 aliphatic heterocycles. The monoisotopic (exact) mass is 215 g/mol. The second kappa shape index (κ2) is 3.89. The van der Waals surface area contributed by atoms with Gasteiger partial charge in [0.15, 0.2) is 0 Å². The highest BCUT2D eigenvalue weighted by Gasteiger charge is 2.03. The van der Waals surface area contributed by atoms with Crippen LogP contribution in [0.3, 0.4) is 0 Å². The Balaban J connectivity index is 2.62. The Kier molecular flexibility index (Phi) is 2.56. The summed E-state index contributed by atoms with van der Waals surface area (Å²) in [4.78, 5) is 22.7. The molecule has 0 bridgehead atoms. The van der Waals surface area contributed by atoms with Crippen molar-refractivity contribution in [2.24, 2.45) is 0 Å². The molecular weight excluding hydrogens is 202 g/mol. The quantitative estimate of drug-likeness (QED) is 0.788. The number of aromatic nitrogens is 3. The van der Waals surface area contributed by atoms with Crippen LogP contribution in [0, 0.1) is 20.8 Å². The third-order valence-corrected chi connectivity index (χ3v) is 2.22. The van der Waals surface area contributed by atoms with Gasteiger partial charge in [0.1, 0.15) is 5.82 Å². The smallest absolute Gasteiger partial charge is 0.251 e. The molecule has 0 fully saturated rings. The minimum atomic E-state index is -0.130. The lowest BCUT2D eigenvalue weighted by Gasteiger charge is -2.04. The van der Waals surface area contributed by atoms with E-state index >= 15 is 0 Å². The lowest BCUT2D eigenvalue weighted by Crippen LogP contribution is -2.08. The summed E-state index contributed by atoms with van der Waals surface area (Å²) < 4.78 is 0. The maximum absolute atomic E-state index is 11.3. The molecule has 0 atom stereocenters. The summed E-state index contributed by atoms with van der Waals surface area (Å²) in [5.74, 6) is 0.596. The summed E-state index contributed by atoms with van der Waals surface area (Å²) in [6.45, 7) is 5.65. The Morgan fingerprint density at radius 3 is 2.06 bits per heavy atom. The van der Waals surface area contributed by atoms with Crippen LogP contribution in [0.5, 0.6) is 0 Å². The van der Waals surface area contributed by atoms with E-state index in [2.05, 4.69) is 15.0 Å². The first-order valence-electron chi connectivity index (χ1n) is 5.08. The zero-order valence-electron chi connectivity index (χ0n) is 9.53. The second-order valence-electron chi connectivity index (χ2n) is 3.87. The molecule has 0 aliphatic rings. The van der Waals surface area contributed by atoms with Crippen molar-refractivity contribution in [1.29, 1.82) is 0 Å². The van der Waals surface area contributed by atoms with Crippen LogP contribution < -0.4 is 5.56 Å². The van der Waals surface area contributed by atoms with Crippen LogP contribution in [0.2, 0.25) is 0 Å². The summed E-state index contributed by atoms with van der Waals surface area (Å²) in [6, 6.07) is 5.29. The van der Waals surface area contributed by atoms with Gasteiger partial charge in [0.2, 0.25) is 0 Å². The van der Waals surface area contributed by atoms with Crippen LogP contribution in [0.4, 0.5) is 0 Å². The highest BCUT2D eigenvalue weighted by molar-refractivity contribution is 5.55. The Bertz CT molecular complexity index is 567. The van der Waals surface area contributed by atoms with Gasteiger partial charge in [0, 0.05) is 28.7 Å². The van der Waals surface area contributed by atoms with Crippen molar-refractivity contribution in [3.63, 3.8) is 0 Å². The second-order valence-corrected chi connectivity index (χ2v) is 3.87. The van der Waals surface area contributed by atoms with Gasteiger partial charge < -0.3 is 4.98 Å². The zero-order chi connectivity index (χ0) is 11.7. The van der Waals surface area contributed by atoms with Gasteiger partial charge in [0.05, 0.1) is 0 Å². The molecule has 2 heterocycles. The normalized spacial score (nSPS) is 10.4. The molecule has 82 valence electrons. The predicted molar refractivity (Wildman–Crippen MR) is 62.3 cm³/mol. The maximum atomic E-state index is 11.3. The molecule has 2 rings (SSSR count). The van der Waals surface area contributed by atoms with Crippen LogP contribution in [0.1, 0.15) is 17.1 Å². The summed E-state index contributed by atoms with van der Waals surface area (Å²) in [5, 5.41) is 0. The first kappa shape index (κ1) is 10.5. The molecule has 0 saturated carbocycles. The number of pyridine rings is 1. The number of aromatic amines is 1. The predicted octanol–water partition coefficient (Wildman–Crippen LogP) is 1.76. The maximum Gasteiger partial charge on any atom is 0.251 e. The van der Waals surface area contributed by atoms with Gasteiger partial charge >= 0.3 is 0 Å². The van der Waals surface area contributed by atoms with E-state index in [0.717, 1.165) is 17.0 Å². The van der Waals surface area contributed by atoms with Crippen molar-refractivity contribution in [3.8, 4) is 11.4 Å². The van der Waals surface area contributed by atoms with E-state index in [4.69, 9.17) is 0 Å². The number of hydrogen-bond acceptors (Lipinski definition) is 3. The van der Waals surface area contributed by atoms with Crippen molar-refractivity contribution in [1.82, 2.24) is 15.0 Å². The number of H-pyrrole nitrogens is 1. The Hall–Kier alpha value is -1.97. The molecule has 16 heavy (non-hydrogen) atoms. The summed E-state index contributed by atoms with van der Waals surface area (Å²) >= 11 is 0. The number of rotatable bonds is 1. The van der Waals surface area contributed by atoms with Gasteiger partial charge in [0.25, 0.3) is 5.56 Å². The highest BCUT2D eigenvalue weighted by atomic mass is 16.1. The highest BCUT2D eigenvalue weighted by Crippen LogP contribution is 2.15. The van der Waals surface area contributed by atoms with Crippen molar-refractivity contribution >= 4 is 0 Å². The molecule has 0 amide bonds. The van der Waals surface area contributed by atoms with Crippen LogP contribution in [-0.4, -0.2) is 15.0 Å². The number of nitrogens with one attached hydrogen (secondary N) is 1. The average molecular weight is 215 g/mol. The van der Waals surface area contributed by atoms with E-state index < -0.39 is 0 Å². The van der Waals surface area contributed by atoms with E-state index in [0.29, 0.717) is 11.5 Å². The zero-order valence-corrected chi connectivity index (χ0v) is 9.53. The molecule has 0 saturated heterocycles. The molecule has 0 aromatic carbocycles. The van der Waals surface area contributed by atoms with Crippen molar-refractivity contribution in [2.75, 3.05) is 0 Å². The molecule has 4 heteroatoms.